The summed E-state index contributed by atoms with van der Waals surface area (Å²) in [6.07, 6.45) is -0.130. The van der Waals surface area contributed by atoms with E-state index in [1.807, 2.05) is 20.8 Å². The summed E-state index contributed by atoms with van der Waals surface area (Å²) < 4.78 is 17.2. The molecule has 1 aliphatic heterocycles. The molecule has 30 heavy (non-hydrogen) atoms. The van der Waals surface area contributed by atoms with Gasteiger partial charge in [-0.25, -0.2) is 9.59 Å². The highest BCUT2D eigenvalue weighted by atomic mass is 16.6. The third-order valence-electron chi connectivity index (χ3n) is 6.01. The lowest BCUT2D eigenvalue weighted by molar-refractivity contribution is -0.160. The highest BCUT2D eigenvalue weighted by molar-refractivity contribution is 5.92. The SMILES string of the molecule is C=C1C(=O)OC2CC(C)C(OC(C)C)CC(=O)C(C)(O)CC(OC(=O)C(C)=CC)C12. The topological polar surface area (TPSA) is 99.1 Å². The van der Waals surface area contributed by atoms with Gasteiger partial charge in [0.05, 0.1) is 18.1 Å². The second-order valence-electron chi connectivity index (χ2n) is 8.95. The van der Waals surface area contributed by atoms with Crippen LogP contribution >= 0.6 is 0 Å². The van der Waals surface area contributed by atoms with Gasteiger partial charge < -0.3 is 19.3 Å². The number of ether oxygens (including phenoxy) is 3. The summed E-state index contributed by atoms with van der Waals surface area (Å²) in [6.45, 7) is 14.3. The molecule has 6 unspecified atom stereocenters. The third kappa shape index (κ3) is 5.38. The summed E-state index contributed by atoms with van der Waals surface area (Å²) in [7, 11) is 0. The van der Waals surface area contributed by atoms with Gasteiger partial charge in [0.15, 0.2) is 5.78 Å². The van der Waals surface area contributed by atoms with Crippen molar-refractivity contribution in [3.8, 4) is 0 Å². The molecule has 0 aromatic rings. The number of hydrogen-bond donors (Lipinski definition) is 1. The standard InChI is InChI=1S/C23H34O7/c1-8-13(4)21(25)30-18-11-23(7,27)19(24)10-16(28-12(2)3)14(5)9-17-20(18)15(6)22(26)29-17/h8,12,14,16-18,20,27H,6,9-11H2,1-5,7H3. The normalized spacial score (nSPS) is 35.8. The highest BCUT2D eigenvalue weighted by Crippen LogP contribution is 2.40. The molecule has 2 fully saturated rings. The Bertz CT molecular complexity index is 734. The fraction of sp³-hybridized carbons (Fsp3) is 0.696. The number of hydrogen-bond acceptors (Lipinski definition) is 7. The van der Waals surface area contributed by atoms with E-state index >= 15 is 0 Å². The Morgan fingerprint density at radius 3 is 2.53 bits per heavy atom. The molecule has 0 amide bonds. The van der Waals surface area contributed by atoms with E-state index in [0.717, 1.165) is 0 Å². The zero-order valence-corrected chi connectivity index (χ0v) is 18.8. The molecule has 6 atom stereocenters. The number of aliphatic hydroxyl groups is 1. The van der Waals surface area contributed by atoms with Gasteiger partial charge in [-0.15, -0.1) is 0 Å². The predicted molar refractivity (Wildman–Crippen MR) is 110 cm³/mol. The third-order valence-corrected chi connectivity index (χ3v) is 6.01. The van der Waals surface area contributed by atoms with Crippen LogP contribution in [0.5, 0.6) is 0 Å². The van der Waals surface area contributed by atoms with Crippen molar-refractivity contribution in [1.29, 1.82) is 0 Å². The van der Waals surface area contributed by atoms with Gasteiger partial charge in [0.2, 0.25) is 0 Å². The average molecular weight is 423 g/mol. The average Bonchev–Trinajstić information content (AvgIpc) is 2.91. The maximum Gasteiger partial charge on any atom is 0.334 e. The van der Waals surface area contributed by atoms with E-state index in [9.17, 15) is 19.5 Å². The lowest BCUT2D eigenvalue weighted by Crippen LogP contribution is -2.48. The Labute approximate surface area is 178 Å². The van der Waals surface area contributed by atoms with Crippen LogP contribution in [0.15, 0.2) is 23.8 Å². The molecule has 7 heteroatoms. The van der Waals surface area contributed by atoms with Gasteiger partial charge in [-0.2, -0.15) is 0 Å². The molecule has 0 spiro atoms. The molecule has 1 saturated heterocycles. The van der Waals surface area contributed by atoms with Crippen LogP contribution < -0.4 is 0 Å². The predicted octanol–water partition coefficient (Wildman–Crippen LogP) is 2.90. The fourth-order valence-corrected chi connectivity index (χ4v) is 4.06. The zero-order chi connectivity index (χ0) is 22.8. The van der Waals surface area contributed by atoms with Gasteiger partial charge in [-0.3, -0.25) is 4.79 Å². The molecule has 1 heterocycles. The first-order valence-electron chi connectivity index (χ1n) is 10.5. The first kappa shape index (κ1) is 24.3. The molecule has 0 bridgehead atoms. The maximum atomic E-state index is 12.9. The van der Waals surface area contributed by atoms with Crippen LogP contribution in [0.4, 0.5) is 0 Å². The van der Waals surface area contributed by atoms with Crippen LogP contribution in [0.1, 0.15) is 60.8 Å². The van der Waals surface area contributed by atoms with Crippen molar-refractivity contribution >= 4 is 17.7 Å². The summed E-state index contributed by atoms with van der Waals surface area (Å²) >= 11 is 0. The lowest BCUT2D eigenvalue weighted by atomic mass is 9.76. The largest absolute Gasteiger partial charge is 0.458 e. The Kier molecular flexibility index (Phi) is 7.64. The molecule has 168 valence electrons. The van der Waals surface area contributed by atoms with Gasteiger partial charge in [0.1, 0.15) is 17.8 Å². The number of carbonyl (C=O) groups excluding carboxylic acids is 3. The highest BCUT2D eigenvalue weighted by Gasteiger charge is 2.50. The minimum atomic E-state index is -1.76. The summed E-state index contributed by atoms with van der Waals surface area (Å²) in [5, 5.41) is 11.0. The number of fused-ring (bicyclic) bond motifs is 1. The van der Waals surface area contributed by atoms with Crippen LogP contribution in [-0.4, -0.2) is 52.8 Å². The number of Topliss-reactive ketones (excluding diaryl/α,β-unsaturated/α-hetero) is 1. The fourth-order valence-electron chi connectivity index (χ4n) is 4.06. The van der Waals surface area contributed by atoms with Gasteiger partial charge >= 0.3 is 11.9 Å². The van der Waals surface area contributed by atoms with Crippen LogP contribution in [0.2, 0.25) is 0 Å². The van der Waals surface area contributed by atoms with Crippen LogP contribution in [0.3, 0.4) is 0 Å². The first-order chi connectivity index (χ1) is 13.9. The molecule has 2 rings (SSSR count). The molecule has 0 aromatic heterocycles. The molecule has 0 radical (unpaired) electrons. The number of ketones is 1. The Hall–Kier alpha value is -1.99. The van der Waals surface area contributed by atoms with Crippen LogP contribution in [0, 0.1) is 11.8 Å². The van der Waals surface area contributed by atoms with Gasteiger partial charge in [0.25, 0.3) is 0 Å². The van der Waals surface area contributed by atoms with E-state index in [0.29, 0.717) is 12.0 Å². The Balaban J connectivity index is 2.45. The summed E-state index contributed by atoms with van der Waals surface area (Å²) in [6, 6.07) is 0. The monoisotopic (exact) mass is 422 g/mol. The van der Waals surface area contributed by atoms with Crippen molar-refractivity contribution in [2.24, 2.45) is 11.8 Å². The molecule has 0 aromatic carbocycles. The summed E-state index contributed by atoms with van der Waals surface area (Å²) in [4.78, 5) is 37.7. The molecule has 1 saturated carbocycles. The minimum Gasteiger partial charge on any atom is -0.458 e. The molecule has 2 aliphatic rings. The van der Waals surface area contributed by atoms with E-state index in [-0.39, 0.29) is 30.4 Å². The van der Waals surface area contributed by atoms with Crippen LogP contribution in [0.25, 0.3) is 0 Å². The van der Waals surface area contributed by atoms with E-state index < -0.39 is 47.6 Å². The van der Waals surface area contributed by atoms with E-state index in [1.54, 1.807) is 19.9 Å². The van der Waals surface area contributed by atoms with Crippen LogP contribution in [-0.2, 0) is 28.6 Å². The molecular weight excluding hydrogens is 388 g/mol. The number of esters is 2. The maximum absolute atomic E-state index is 12.9. The smallest absolute Gasteiger partial charge is 0.334 e. The van der Waals surface area contributed by atoms with Crippen molar-refractivity contribution < 1.29 is 33.7 Å². The lowest BCUT2D eigenvalue weighted by Gasteiger charge is -2.37. The molecular formula is C23H34O7. The zero-order valence-electron chi connectivity index (χ0n) is 18.8. The van der Waals surface area contributed by atoms with Gasteiger partial charge in [-0.05, 0) is 47.0 Å². The quantitative estimate of drug-likeness (QED) is 0.549. The van der Waals surface area contributed by atoms with E-state index in [2.05, 4.69) is 6.58 Å². The number of rotatable bonds is 4. The number of allylic oxidation sites excluding steroid dienone is 1. The first-order valence-corrected chi connectivity index (χ1v) is 10.5. The Morgan fingerprint density at radius 2 is 1.97 bits per heavy atom. The molecule has 1 aliphatic carbocycles. The van der Waals surface area contributed by atoms with Crippen molar-refractivity contribution in [3.63, 3.8) is 0 Å². The van der Waals surface area contributed by atoms with Gasteiger partial charge in [0, 0.05) is 24.0 Å². The van der Waals surface area contributed by atoms with Crippen molar-refractivity contribution in [2.75, 3.05) is 0 Å². The summed E-state index contributed by atoms with van der Waals surface area (Å²) in [5.74, 6) is -2.29. The van der Waals surface area contributed by atoms with Crippen molar-refractivity contribution in [1.82, 2.24) is 0 Å². The second kappa shape index (κ2) is 9.43. The summed E-state index contributed by atoms with van der Waals surface area (Å²) in [5.41, 5.74) is -1.18. The van der Waals surface area contributed by atoms with Gasteiger partial charge in [-0.1, -0.05) is 19.6 Å². The van der Waals surface area contributed by atoms with E-state index in [1.165, 1.54) is 6.92 Å². The molecule has 1 N–H and O–H groups in total. The molecule has 7 nitrogen and oxygen atoms in total. The second-order valence-corrected chi connectivity index (χ2v) is 8.95. The minimum absolute atomic E-state index is 0.0210. The Morgan fingerprint density at radius 1 is 1.33 bits per heavy atom. The van der Waals surface area contributed by atoms with E-state index in [4.69, 9.17) is 14.2 Å². The van der Waals surface area contributed by atoms with Crippen molar-refractivity contribution in [2.45, 2.75) is 90.8 Å². The van der Waals surface area contributed by atoms with Crippen molar-refractivity contribution in [3.05, 3.63) is 23.8 Å². The number of carbonyl (C=O) groups is 3.